The van der Waals surface area contributed by atoms with Gasteiger partial charge < -0.3 is 15.1 Å². The fraction of sp³-hybridized carbons (Fsp3) is 0.619. The van der Waals surface area contributed by atoms with Gasteiger partial charge in [-0.3, -0.25) is 9.59 Å². The number of nitrogens with zero attached hydrogens (tertiary/aromatic N) is 2. The molecule has 3 aliphatic rings. The number of piperidine rings is 1. The van der Waals surface area contributed by atoms with E-state index in [1.165, 1.54) is 5.56 Å². The Morgan fingerprint density at radius 3 is 2.22 bits per heavy atom. The van der Waals surface area contributed by atoms with Crippen LogP contribution in [0.3, 0.4) is 0 Å². The maximum Gasteiger partial charge on any atom is 0.253 e. The highest BCUT2D eigenvalue weighted by atomic mass is 35.5. The van der Waals surface area contributed by atoms with Crippen LogP contribution >= 0.6 is 12.4 Å². The van der Waals surface area contributed by atoms with Gasteiger partial charge in [0.2, 0.25) is 5.91 Å². The smallest absolute Gasteiger partial charge is 0.253 e. The summed E-state index contributed by atoms with van der Waals surface area (Å²) in [6.45, 7) is 6.82. The van der Waals surface area contributed by atoms with Gasteiger partial charge in [0.15, 0.2) is 0 Å². The van der Waals surface area contributed by atoms with Crippen molar-refractivity contribution >= 4 is 24.2 Å². The number of amides is 2. The Balaban J connectivity index is 0.00000210. The lowest BCUT2D eigenvalue weighted by Gasteiger charge is -2.35. The number of aryl methyl sites for hydroxylation is 1. The highest BCUT2D eigenvalue weighted by Gasteiger charge is 2.58. The van der Waals surface area contributed by atoms with Crippen LogP contribution in [0.15, 0.2) is 24.3 Å². The Hall–Kier alpha value is -1.59. The fourth-order valence-corrected chi connectivity index (χ4v) is 4.59. The lowest BCUT2D eigenvalue weighted by atomic mass is 9.91. The van der Waals surface area contributed by atoms with Crippen molar-refractivity contribution < 1.29 is 9.59 Å². The molecule has 4 rings (SSSR count). The van der Waals surface area contributed by atoms with E-state index in [0.717, 1.165) is 44.3 Å². The first-order chi connectivity index (χ1) is 12.6. The van der Waals surface area contributed by atoms with Crippen LogP contribution in [-0.2, 0) is 11.2 Å². The van der Waals surface area contributed by atoms with Crippen molar-refractivity contribution in [3.63, 3.8) is 0 Å². The maximum atomic E-state index is 12.9. The van der Waals surface area contributed by atoms with E-state index in [1.54, 1.807) is 0 Å². The zero-order chi connectivity index (χ0) is 18.1. The van der Waals surface area contributed by atoms with Crippen LogP contribution in [0.1, 0.15) is 42.1 Å². The molecular formula is C21H30ClN3O2. The summed E-state index contributed by atoms with van der Waals surface area (Å²) in [5, 5.41) is 3.39. The summed E-state index contributed by atoms with van der Waals surface area (Å²) in [5.41, 5.74) is 2.28. The Morgan fingerprint density at radius 1 is 1.04 bits per heavy atom. The van der Waals surface area contributed by atoms with E-state index in [1.807, 2.05) is 34.1 Å². The van der Waals surface area contributed by atoms with Gasteiger partial charge in [-0.15, -0.1) is 12.4 Å². The lowest BCUT2D eigenvalue weighted by Crippen LogP contribution is -2.51. The van der Waals surface area contributed by atoms with Crippen LogP contribution in [-0.4, -0.2) is 60.9 Å². The van der Waals surface area contributed by atoms with Gasteiger partial charge in [0, 0.05) is 37.7 Å². The number of carbonyl (C=O) groups excluding carboxylic acids is 2. The molecule has 1 aliphatic carbocycles. The first-order valence-corrected chi connectivity index (χ1v) is 10.0. The summed E-state index contributed by atoms with van der Waals surface area (Å²) in [5.74, 6) is 0.640. The van der Waals surface area contributed by atoms with Crippen molar-refractivity contribution in [1.82, 2.24) is 15.1 Å². The van der Waals surface area contributed by atoms with E-state index >= 15 is 0 Å². The number of hydrogen-bond acceptors (Lipinski definition) is 3. The molecule has 0 aromatic heterocycles. The topological polar surface area (TPSA) is 52.7 Å². The van der Waals surface area contributed by atoms with E-state index in [2.05, 4.69) is 12.2 Å². The molecule has 1 N–H and O–H groups in total. The molecule has 2 saturated heterocycles. The number of piperazine rings is 1. The Bertz CT molecular complexity index is 677. The number of hydrogen-bond donors (Lipinski definition) is 1. The lowest BCUT2D eigenvalue weighted by molar-refractivity contribution is -0.135. The Labute approximate surface area is 167 Å². The highest BCUT2D eigenvalue weighted by molar-refractivity contribution is 5.94. The minimum absolute atomic E-state index is 0. The quantitative estimate of drug-likeness (QED) is 0.860. The van der Waals surface area contributed by atoms with Crippen molar-refractivity contribution in [1.29, 1.82) is 0 Å². The number of benzene rings is 1. The molecular weight excluding hydrogens is 362 g/mol. The molecule has 2 heterocycles. The normalized spacial score (nSPS) is 23.7. The molecule has 1 saturated carbocycles. The zero-order valence-electron chi connectivity index (χ0n) is 16.1. The summed E-state index contributed by atoms with van der Waals surface area (Å²) < 4.78 is 0. The zero-order valence-corrected chi connectivity index (χ0v) is 16.9. The van der Waals surface area contributed by atoms with Crippen molar-refractivity contribution in [3.05, 3.63) is 35.4 Å². The summed E-state index contributed by atoms with van der Waals surface area (Å²) in [4.78, 5) is 29.4. The molecule has 2 aliphatic heterocycles. The van der Waals surface area contributed by atoms with Gasteiger partial charge in [-0.1, -0.05) is 19.1 Å². The van der Waals surface area contributed by atoms with E-state index < -0.39 is 0 Å². The van der Waals surface area contributed by atoms with Crippen molar-refractivity contribution in [2.45, 2.75) is 32.6 Å². The molecule has 0 radical (unpaired) electrons. The van der Waals surface area contributed by atoms with Crippen LogP contribution < -0.4 is 5.32 Å². The number of nitrogens with one attached hydrogen (secondary N) is 1. The second kappa shape index (κ2) is 8.19. The first-order valence-electron chi connectivity index (χ1n) is 10.0. The summed E-state index contributed by atoms with van der Waals surface area (Å²) in [7, 11) is 0. The van der Waals surface area contributed by atoms with Crippen LogP contribution in [0, 0.1) is 11.3 Å². The monoisotopic (exact) mass is 391 g/mol. The first kappa shape index (κ1) is 20.2. The van der Waals surface area contributed by atoms with E-state index in [4.69, 9.17) is 0 Å². The number of rotatable bonds is 3. The minimum atomic E-state index is 0. The maximum absolute atomic E-state index is 12.9. The SMILES string of the molecule is CCc1ccc(C(=O)N2CCN(C(=O)C3CC34CCNCC4)CC2)cc1.Cl. The van der Waals surface area contributed by atoms with Gasteiger partial charge in [-0.2, -0.15) is 0 Å². The van der Waals surface area contributed by atoms with Gasteiger partial charge in [-0.05, 0) is 61.9 Å². The summed E-state index contributed by atoms with van der Waals surface area (Å²) >= 11 is 0. The third kappa shape index (κ3) is 3.99. The van der Waals surface area contributed by atoms with Gasteiger partial charge in [0.05, 0.1) is 0 Å². The molecule has 0 bridgehead atoms. The average Bonchev–Trinajstić information content (AvgIpc) is 3.40. The second-order valence-electron chi connectivity index (χ2n) is 8.04. The summed E-state index contributed by atoms with van der Waals surface area (Å²) in [6, 6.07) is 7.89. The van der Waals surface area contributed by atoms with Gasteiger partial charge in [0.1, 0.15) is 0 Å². The Morgan fingerprint density at radius 2 is 1.63 bits per heavy atom. The number of halogens is 1. The standard InChI is InChI=1S/C21H29N3O2.ClH/c1-2-16-3-5-17(6-4-16)19(25)23-11-13-24(14-12-23)20(26)18-15-21(18)7-9-22-10-8-21;/h3-6,18,22H,2,7-15H2,1H3;1H. The highest BCUT2D eigenvalue weighted by Crippen LogP contribution is 2.59. The minimum Gasteiger partial charge on any atom is -0.339 e. The molecule has 2 amide bonds. The molecule has 1 atom stereocenters. The number of carbonyl (C=O) groups is 2. The average molecular weight is 392 g/mol. The van der Waals surface area contributed by atoms with Gasteiger partial charge in [0.25, 0.3) is 5.91 Å². The second-order valence-corrected chi connectivity index (χ2v) is 8.04. The van der Waals surface area contributed by atoms with Crippen LogP contribution in [0.4, 0.5) is 0 Å². The van der Waals surface area contributed by atoms with Crippen LogP contribution in [0.25, 0.3) is 0 Å². The fourth-order valence-electron chi connectivity index (χ4n) is 4.59. The molecule has 1 aromatic rings. The molecule has 1 spiro atoms. The molecule has 148 valence electrons. The van der Waals surface area contributed by atoms with Crippen molar-refractivity contribution in [2.75, 3.05) is 39.3 Å². The third-order valence-corrected chi connectivity index (χ3v) is 6.57. The summed E-state index contributed by atoms with van der Waals surface area (Å²) in [6.07, 6.45) is 4.32. The third-order valence-electron chi connectivity index (χ3n) is 6.57. The molecule has 27 heavy (non-hydrogen) atoms. The molecule has 5 nitrogen and oxygen atoms in total. The van der Waals surface area contributed by atoms with Crippen molar-refractivity contribution in [3.8, 4) is 0 Å². The van der Waals surface area contributed by atoms with Gasteiger partial charge >= 0.3 is 0 Å². The largest absolute Gasteiger partial charge is 0.339 e. The van der Waals surface area contributed by atoms with E-state index in [0.29, 0.717) is 32.1 Å². The van der Waals surface area contributed by atoms with Crippen molar-refractivity contribution in [2.24, 2.45) is 11.3 Å². The predicted octanol–water partition coefficient (Wildman–Crippen LogP) is 2.34. The van der Waals surface area contributed by atoms with E-state index in [-0.39, 0.29) is 29.6 Å². The van der Waals surface area contributed by atoms with Crippen LogP contribution in [0.5, 0.6) is 0 Å². The van der Waals surface area contributed by atoms with Crippen LogP contribution in [0.2, 0.25) is 0 Å². The molecule has 1 unspecified atom stereocenters. The molecule has 1 aromatic carbocycles. The molecule has 6 heteroatoms. The predicted molar refractivity (Wildman–Crippen MR) is 108 cm³/mol. The molecule has 3 fully saturated rings. The van der Waals surface area contributed by atoms with E-state index in [9.17, 15) is 9.59 Å². The Kier molecular flexibility index (Phi) is 6.11. The van der Waals surface area contributed by atoms with Gasteiger partial charge in [-0.25, -0.2) is 0 Å².